The van der Waals surface area contributed by atoms with E-state index in [4.69, 9.17) is 11.6 Å². The number of benzene rings is 1. The van der Waals surface area contributed by atoms with Crippen LogP contribution in [0.4, 0.5) is 0 Å². The van der Waals surface area contributed by atoms with E-state index in [1.54, 1.807) is 11.3 Å². The molecule has 0 aliphatic rings. The second-order valence-electron chi connectivity index (χ2n) is 4.14. The standard InChI is InChI=1S/C14H16ClNS/c1-10-8-13(17-14(10)15)12(16-2)9-11-6-4-3-5-7-11/h3-8,12,16H,9H2,1-2H3. The molecule has 2 aromatic rings. The van der Waals surface area contributed by atoms with E-state index < -0.39 is 0 Å². The van der Waals surface area contributed by atoms with Crippen molar-refractivity contribution in [3.63, 3.8) is 0 Å². The van der Waals surface area contributed by atoms with Crippen LogP contribution in [0.5, 0.6) is 0 Å². The Kier molecular flexibility index (Phi) is 4.21. The molecule has 90 valence electrons. The third-order valence-corrected chi connectivity index (χ3v) is 4.52. The van der Waals surface area contributed by atoms with E-state index >= 15 is 0 Å². The van der Waals surface area contributed by atoms with Gasteiger partial charge in [0, 0.05) is 10.9 Å². The van der Waals surface area contributed by atoms with Gasteiger partial charge in [-0.05, 0) is 37.6 Å². The van der Waals surface area contributed by atoms with Crippen molar-refractivity contribution in [2.45, 2.75) is 19.4 Å². The van der Waals surface area contributed by atoms with Crippen LogP contribution in [-0.4, -0.2) is 7.05 Å². The minimum Gasteiger partial charge on any atom is -0.312 e. The zero-order valence-electron chi connectivity index (χ0n) is 10.0. The predicted octanol–water partition coefficient (Wildman–Crippen LogP) is 4.21. The zero-order valence-corrected chi connectivity index (χ0v) is 11.6. The lowest BCUT2D eigenvalue weighted by Crippen LogP contribution is -2.17. The lowest BCUT2D eigenvalue weighted by Gasteiger charge is -2.14. The molecule has 1 unspecified atom stereocenters. The van der Waals surface area contributed by atoms with E-state index in [9.17, 15) is 0 Å². The second-order valence-corrected chi connectivity index (χ2v) is 5.82. The molecule has 17 heavy (non-hydrogen) atoms. The van der Waals surface area contributed by atoms with E-state index in [2.05, 4.69) is 42.6 Å². The molecule has 0 bridgehead atoms. The lowest BCUT2D eigenvalue weighted by molar-refractivity contribution is 0.602. The molecule has 0 aliphatic heterocycles. The summed E-state index contributed by atoms with van der Waals surface area (Å²) in [6, 6.07) is 13.0. The van der Waals surface area contributed by atoms with Gasteiger partial charge in [-0.15, -0.1) is 11.3 Å². The van der Waals surface area contributed by atoms with Crippen molar-refractivity contribution < 1.29 is 0 Å². The van der Waals surface area contributed by atoms with Gasteiger partial charge in [-0.3, -0.25) is 0 Å². The SMILES string of the molecule is CNC(Cc1ccccc1)c1cc(C)c(Cl)s1. The summed E-state index contributed by atoms with van der Waals surface area (Å²) in [5.74, 6) is 0. The maximum atomic E-state index is 6.12. The average molecular weight is 266 g/mol. The van der Waals surface area contributed by atoms with Crippen molar-refractivity contribution in [1.82, 2.24) is 5.32 Å². The molecule has 0 saturated heterocycles. The van der Waals surface area contributed by atoms with Crippen molar-refractivity contribution in [2.75, 3.05) is 7.05 Å². The summed E-state index contributed by atoms with van der Waals surface area (Å²) in [6.07, 6.45) is 0.994. The summed E-state index contributed by atoms with van der Waals surface area (Å²) in [5.41, 5.74) is 2.51. The average Bonchev–Trinajstić information content (AvgIpc) is 2.68. The van der Waals surface area contributed by atoms with Gasteiger partial charge in [0.25, 0.3) is 0 Å². The molecule has 2 rings (SSSR count). The third kappa shape index (κ3) is 3.09. The Morgan fingerprint density at radius 2 is 2.00 bits per heavy atom. The first-order valence-electron chi connectivity index (χ1n) is 5.67. The Labute approximate surface area is 111 Å². The molecular weight excluding hydrogens is 250 g/mol. The summed E-state index contributed by atoms with van der Waals surface area (Å²) >= 11 is 7.79. The normalized spacial score (nSPS) is 12.6. The number of hydrogen-bond acceptors (Lipinski definition) is 2. The van der Waals surface area contributed by atoms with Gasteiger partial charge in [0.1, 0.15) is 0 Å². The fraction of sp³-hybridized carbons (Fsp3) is 0.286. The van der Waals surface area contributed by atoms with Crippen LogP contribution in [0.25, 0.3) is 0 Å². The minimum atomic E-state index is 0.341. The molecule has 3 heteroatoms. The summed E-state index contributed by atoms with van der Waals surface area (Å²) in [7, 11) is 2.00. The topological polar surface area (TPSA) is 12.0 Å². The smallest absolute Gasteiger partial charge is 0.0960 e. The van der Waals surface area contributed by atoms with Gasteiger partial charge < -0.3 is 5.32 Å². The summed E-state index contributed by atoms with van der Waals surface area (Å²) in [5, 5.41) is 3.36. The van der Waals surface area contributed by atoms with Gasteiger partial charge >= 0.3 is 0 Å². The van der Waals surface area contributed by atoms with Crippen molar-refractivity contribution in [2.24, 2.45) is 0 Å². The molecule has 1 aromatic heterocycles. The summed E-state index contributed by atoms with van der Waals surface area (Å²) in [4.78, 5) is 1.30. The molecule has 0 aliphatic carbocycles. The third-order valence-electron chi connectivity index (χ3n) is 2.85. The molecular formula is C14H16ClNS. The molecule has 1 N–H and O–H groups in total. The first kappa shape index (κ1) is 12.6. The number of likely N-dealkylation sites (N-methyl/N-ethyl adjacent to an activating group) is 1. The molecule has 1 aromatic carbocycles. The van der Waals surface area contributed by atoms with E-state index in [0.29, 0.717) is 6.04 Å². The highest BCUT2D eigenvalue weighted by molar-refractivity contribution is 7.16. The van der Waals surface area contributed by atoms with Gasteiger partial charge in [0.2, 0.25) is 0 Å². The van der Waals surface area contributed by atoms with Crippen molar-refractivity contribution in [3.05, 3.63) is 56.7 Å². The highest BCUT2D eigenvalue weighted by Crippen LogP contribution is 2.32. The van der Waals surface area contributed by atoms with Gasteiger partial charge in [-0.25, -0.2) is 0 Å². The molecule has 0 spiro atoms. The van der Waals surface area contributed by atoms with Crippen LogP contribution in [0, 0.1) is 6.92 Å². The number of thiophene rings is 1. The van der Waals surface area contributed by atoms with Gasteiger partial charge in [-0.1, -0.05) is 41.9 Å². The largest absolute Gasteiger partial charge is 0.312 e. The Balaban J connectivity index is 2.17. The van der Waals surface area contributed by atoms with Crippen LogP contribution in [0.3, 0.4) is 0 Å². The maximum Gasteiger partial charge on any atom is 0.0960 e. The number of halogens is 1. The van der Waals surface area contributed by atoms with Gasteiger partial charge in [0.15, 0.2) is 0 Å². The molecule has 1 atom stereocenters. The monoisotopic (exact) mass is 265 g/mol. The van der Waals surface area contributed by atoms with E-state index in [1.165, 1.54) is 16.0 Å². The van der Waals surface area contributed by atoms with E-state index in [0.717, 1.165) is 10.8 Å². The first-order chi connectivity index (χ1) is 8.20. The maximum absolute atomic E-state index is 6.12. The molecule has 0 radical (unpaired) electrons. The molecule has 0 fully saturated rings. The van der Waals surface area contributed by atoms with Crippen LogP contribution in [0.1, 0.15) is 22.0 Å². The molecule has 0 amide bonds. The fourth-order valence-corrected chi connectivity index (χ4v) is 3.18. The quantitative estimate of drug-likeness (QED) is 0.873. The molecule has 1 heterocycles. The van der Waals surface area contributed by atoms with Crippen LogP contribution in [-0.2, 0) is 6.42 Å². The number of nitrogens with one attached hydrogen (secondary N) is 1. The molecule has 0 saturated carbocycles. The highest BCUT2D eigenvalue weighted by atomic mass is 35.5. The Morgan fingerprint density at radius 3 is 2.53 bits per heavy atom. The van der Waals surface area contributed by atoms with Crippen LogP contribution >= 0.6 is 22.9 Å². The lowest BCUT2D eigenvalue weighted by atomic mass is 10.0. The van der Waals surface area contributed by atoms with Crippen molar-refractivity contribution in [3.8, 4) is 0 Å². The van der Waals surface area contributed by atoms with Crippen LogP contribution in [0.2, 0.25) is 4.34 Å². The van der Waals surface area contributed by atoms with E-state index in [1.807, 2.05) is 13.1 Å². The summed E-state index contributed by atoms with van der Waals surface area (Å²) in [6.45, 7) is 2.05. The van der Waals surface area contributed by atoms with Crippen molar-refractivity contribution >= 4 is 22.9 Å². The minimum absolute atomic E-state index is 0.341. The van der Waals surface area contributed by atoms with Crippen LogP contribution < -0.4 is 5.32 Å². The zero-order chi connectivity index (χ0) is 12.3. The fourth-order valence-electron chi connectivity index (χ4n) is 1.85. The van der Waals surface area contributed by atoms with Gasteiger partial charge in [0.05, 0.1) is 4.34 Å². The highest BCUT2D eigenvalue weighted by Gasteiger charge is 2.14. The molecule has 1 nitrogen and oxygen atoms in total. The van der Waals surface area contributed by atoms with E-state index in [-0.39, 0.29) is 0 Å². The van der Waals surface area contributed by atoms with Crippen molar-refractivity contribution in [1.29, 1.82) is 0 Å². The number of aryl methyl sites for hydroxylation is 1. The summed E-state index contributed by atoms with van der Waals surface area (Å²) < 4.78 is 0.897. The Hall–Kier alpha value is -0.830. The second kappa shape index (κ2) is 5.67. The van der Waals surface area contributed by atoms with Crippen LogP contribution in [0.15, 0.2) is 36.4 Å². The number of hydrogen-bond donors (Lipinski definition) is 1. The predicted molar refractivity (Wildman–Crippen MR) is 76.0 cm³/mol. The Morgan fingerprint density at radius 1 is 1.29 bits per heavy atom. The Bertz CT molecular complexity index is 459. The first-order valence-corrected chi connectivity index (χ1v) is 6.87. The number of rotatable bonds is 4. The van der Waals surface area contributed by atoms with Gasteiger partial charge in [-0.2, -0.15) is 0 Å².